The molecule has 2 nitrogen and oxygen atoms in total. The molecule has 0 aromatic heterocycles. The molecule has 2 unspecified atom stereocenters. The lowest BCUT2D eigenvalue weighted by Crippen LogP contribution is -2.49. The van der Waals surface area contributed by atoms with Gasteiger partial charge in [0.15, 0.2) is 0 Å². The number of fused-ring (bicyclic) bond motifs is 1. The Hall–Kier alpha value is -0.860. The van der Waals surface area contributed by atoms with Gasteiger partial charge in [0.25, 0.3) is 0 Å². The summed E-state index contributed by atoms with van der Waals surface area (Å²) in [6, 6.07) is 8.95. The Balaban J connectivity index is 1.64. The summed E-state index contributed by atoms with van der Waals surface area (Å²) in [5.74, 6) is 0.774. The van der Waals surface area contributed by atoms with Gasteiger partial charge in [-0.15, -0.1) is 0 Å². The van der Waals surface area contributed by atoms with Crippen molar-refractivity contribution in [3.05, 3.63) is 35.4 Å². The minimum Gasteiger partial charge on any atom is -0.310 e. The third-order valence-electron chi connectivity index (χ3n) is 5.00. The van der Waals surface area contributed by atoms with Crippen LogP contribution in [0.25, 0.3) is 0 Å². The van der Waals surface area contributed by atoms with Crippen LogP contribution in [0, 0.1) is 0 Å². The van der Waals surface area contributed by atoms with Gasteiger partial charge in [-0.3, -0.25) is 0 Å². The van der Waals surface area contributed by atoms with Crippen molar-refractivity contribution in [1.29, 1.82) is 0 Å². The van der Waals surface area contributed by atoms with Crippen molar-refractivity contribution in [3.8, 4) is 0 Å². The van der Waals surface area contributed by atoms with Gasteiger partial charge in [-0.2, -0.15) is 0 Å². The summed E-state index contributed by atoms with van der Waals surface area (Å²) in [7, 11) is 0. The summed E-state index contributed by atoms with van der Waals surface area (Å²) in [5.41, 5.74) is 3.47. The number of hydrogen-bond acceptors (Lipinski definition) is 2. The van der Waals surface area contributed by atoms with Crippen LogP contribution in [0.1, 0.15) is 43.7 Å². The molecule has 0 spiro atoms. The predicted molar refractivity (Wildman–Crippen MR) is 80.6 cm³/mol. The second kappa shape index (κ2) is 5.26. The second-order valence-electron chi connectivity index (χ2n) is 6.53. The average molecular weight is 258 g/mol. The first-order chi connectivity index (χ1) is 9.20. The van der Waals surface area contributed by atoms with Crippen LogP contribution in [0.2, 0.25) is 0 Å². The number of rotatable bonds is 3. The van der Waals surface area contributed by atoms with Gasteiger partial charge in [0.05, 0.1) is 0 Å². The Kier molecular flexibility index (Phi) is 3.64. The standard InChI is InChI=1S/C17H26N2/c1-3-17(2)13-19(10-6-9-18-17)12-15-11-14-7-4-5-8-16(14)15/h4-5,7-8,15,18H,3,6,9-13H2,1-2H3. The molecule has 1 aliphatic carbocycles. The fourth-order valence-corrected chi connectivity index (χ4v) is 3.55. The first-order valence-electron chi connectivity index (χ1n) is 7.75. The molecule has 1 saturated heterocycles. The van der Waals surface area contributed by atoms with E-state index in [0.717, 1.165) is 5.92 Å². The normalized spacial score (nSPS) is 31.4. The fourth-order valence-electron chi connectivity index (χ4n) is 3.55. The molecule has 3 rings (SSSR count). The van der Waals surface area contributed by atoms with E-state index in [1.54, 1.807) is 11.1 Å². The zero-order valence-electron chi connectivity index (χ0n) is 12.3. The molecule has 1 heterocycles. The highest BCUT2D eigenvalue weighted by molar-refractivity contribution is 5.40. The summed E-state index contributed by atoms with van der Waals surface area (Å²) in [5, 5.41) is 3.72. The molecule has 1 aromatic rings. The molecule has 104 valence electrons. The van der Waals surface area contributed by atoms with Gasteiger partial charge in [0, 0.05) is 24.5 Å². The lowest BCUT2D eigenvalue weighted by atomic mass is 9.77. The van der Waals surface area contributed by atoms with Crippen molar-refractivity contribution >= 4 is 0 Å². The van der Waals surface area contributed by atoms with Gasteiger partial charge in [0.1, 0.15) is 0 Å². The molecule has 19 heavy (non-hydrogen) atoms. The third-order valence-corrected chi connectivity index (χ3v) is 5.00. The molecule has 1 N–H and O–H groups in total. The molecule has 1 fully saturated rings. The smallest absolute Gasteiger partial charge is 0.0277 e. The van der Waals surface area contributed by atoms with E-state index in [1.165, 1.54) is 45.4 Å². The van der Waals surface area contributed by atoms with Crippen LogP contribution in [0.15, 0.2) is 24.3 Å². The van der Waals surface area contributed by atoms with Crippen LogP contribution in [0.3, 0.4) is 0 Å². The van der Waals surface area contributed by atoms with Gasteiger partial charge in [0.2, 0.25) is 0 Å². The van der Waals surface area contributed by atoms with Gasteiger partial charge < -0.3 is 10.2 Å². The van der Waals surface area contributed by atoms with Gasteiger partial charge in [-0.05, 0) is 50.4 Å². The highest BCUT2D eigenvalue weighted by atomic mass is 15.2. The number of hydrogen-bond donors (Lipinski definition) is 1. The van der Waals surface area contributed by atoms with E-state index in [-0.39, 0.29) is 0 Å². The second-order valence-corrected chi connectivity index (χ2v) is 6.53. The lowest BCUT2D eigenvalue weighted by Gasteiger charge is -2.38. The summed E-state index contributed by atoms with van der Waals surface area (Å²) in [6.45, 7) is 9.54. The monoisotopic (exact) mass is 258 g/mol. The Labute approximate surface area is 117 Å². The molecule has 0 radical (unpaired) electrons. The fraction of sp³-hybridized carbons (Fsp3) is 0.647. The summed E-state index contributed by atoms with van der Waals surface area (Å²) in [6.07, 6.45) is 3.78. The van der Waals surface area contributed by atoms with E-state index < -0.39 is 0 Å². The molecule has 1 aromatic carbocycles. The highest BCUT2D eigenvalue weighted by Gasteiger charge is 2.31. The first-order valence-corrected chi connectivity index (χ1v) is 7.75. The molecule has 0 amide bonds. The third kappa shape index (κ3) is 2.70. The Morgan fingerprint density at radius 1 is 1.37 bits per heavy atom. The molecule has 1 aliphatic heterocycles. The molecular weight excluding hydrogens is 232 g/mol. The van der Waals surface area contributed by atoms with E-state index in [4.69, 9.17) is 0 Å². The number of nitrogens with zero attached hydrogens (tertiary/aromatic N) is 1. The average Bonchev–Trinajstić information content (AvgIpc) is 2.59. The summed E-state index contributed by atoms with van der Waals surface area (Å²) < 4.78 is 0. The van der Waals surface area contributed by atoms with Crippen LogP contribution in [0.5, 0.6) is 0 Å². The minimum absolute atomic E-state index is 0.305. The van der Waals surface area contributed by atoms with E-state index in [0.29, 0.717) is 5.54 Å². The SMILES string of the molecule is CCC1(C)CN(CC2Cc3ccccc32)CCCN1. The quantitative estimate of drug-likeness (QED) is 0.897. The topological polar surface area (TPSA) is 15.3 Å². The Bertz CT molecular complexity index is 443. The van der Waals surface area contributed by atoms with Crippen LogP contribution < -0.4 is 5.32 Å². The van der Waals surface area contributed by atoms with E-state index in [1.807, 2.05) is 0 Å². The molecule has 2 aliphatic rings. The Morgan fingerprint density at radius 2 is 2.21 bits per heavy atom. The highest BCUT2D eigenvalue weighted by Crippen LogP contribution is 2.35. The molecular formula is C17H26N2. The summed E-state index contributed by atoms with van der Waals surface area (Å²) in [4.78, 5) is 2.68. The maximum atomic E-state index is 3.72. The van der Waals surface area contributed by atoms with E-state index >= 15 is 0 Å². The van der Waals surface area contributed by atoms with Crippen molar-refractivity contribution < 1.29 is 0 Å². The maximum absolute atomic E-state index is 3.72. The van der Waals surface area contributed by atoms with Crippen LogP contribution in [-0.2, 0) is 6.42 Å². The van der Waals surface area contributed by atoms with Gasteiger partial charge in [-0.25, -0.2) is 0 Å². The molecule has 0 saturated carbocycles. The van der Waals surface area contributed by atoms with Crippen LogP contribution >= 0.6 is 0 Å². The van der Waals surface area contributed by atoms with Crippen molar-refractivity contribution in [2.75, 3.05) is 26.2 Å². The van der Waals surface area contributed by atoms with Crippen molar-refractivity contribution in [2.45, 2.75) is 44.6 Å². The number of nitrogens with one attached hydrogen (secondary N) is 1. The Morgan fingerprint density at radius 3 is 3.00 bits per heavy atom. The maximum Gasteiger partial charge on any atom is 0.0277 e. The van der Waals surface area contributed by atoms with Crippen molar-refractivity contribution in [1.82, 2.24) is 10.2 Å². The van der Waals surface area contributed by atoms with E-state index in [9.17, 15) is 0 Å². The van der Waals surface area contributed by atoms with Gasteiger partial charge >= 0.3 is 0 Å². The minimum atomic E-state index is 0.305. The number of benzene rings is 1. The zero-order valence-corrected chi connectivity index (χ0v) is 12.3. The predicted octanol–water partition coefficient (Wildman–Crippen LogP) is 2.79. The first kappa shape index (κ1) is 13.1. The van der Waals surface area contributed by atoms with Crippen molar-refractivity contribution in [3.63, 3.8) is 0 Å². The van der Waals surface area contributed by atoms with Gasteiger partial charge in [-0.1, -0.05) is 31.2 Å². The molecule has 0 bridgehead atoms. The van der Waals surface area contributed by atoms with E-state index in [2.05, 4.69) is 48.3 Å². The zero-order chi connectivity index (χ0) is 13.3. The largest absolute Gasteiger partial charge is 0.310 e. The van der Waals surface area contributed by atoms with Crippen LogP contribution in [-0.4, -0.2) is 36.6 Å². The molecule has 2 atom stereocenters. The van der Waals surface area contributed by atoms with Crippen LogP contribution in [0.4, 0.5) is 0 Å². The lowest BCUT2D eigenvalue weighted by molar-refractivity contribution is 0.199. The van der Waals surface area contributed by atoms with Crippen molar-refractivity contribution in [2.24, 2.45) is 0 Å². The molecule has 2 heteroatoms. The summed E-state index contributed by atoms with van der Waals surface area (Å²) >= 11 is 0.